The van der Waals surface area contributed by atoms with Crippen molar-refractivity contribution in [3.63, 3.8) is 0 Å². The summed E-state index contributed by atoms with van der Waals surface area (Å²) in [5.41, 5.74) is 2.00. The fraction of sp³-hybridized carbons (Fsp3) is 0.0930. The number of nitriles is 1. The number of aromatic amines is 1. The highest BCUT2D eigenvalue weighted by atomic mass is 19.4. The summed E-state index contributed by atoms with van der Waals surface area (Å²) in [5, 5.41) is 9.76. The number of aliphatic imine (C=N–C) groups is 1. The molecule has 7 rings (SSSR count). The number of halogens is 3. The molecule has 0 spiro atoms. The van der Waals surface area contributed by atoms with Crippen LogP contribution >= 0.6 is 0 Å². The molecule has 4 aromatic carbocycles. The average Bonchev–Trinajstić information content (AvgIpc) is 3.78. The van der Waals surface area contributed by atoms with E-state index >= 15 is 0 Å². The van der Waals surface area contributed by atoms with Crippen molar-refractivity contribution in [3.8, 4) is 29.2 Å². The molecular weight excluding hydrogens is 725 g/mol. The number of H-pyrrole nitrogens is 1. The SMILES string of the molecule is [C-]#[N+]c1ccc(Oc2[nH]c(/C(=C3/C=C(C(F)(F)F)C(Oc4ccc(C#N)cc4)=N3)c3c(C)cc(C)cc3C)cc2C(=O)Oc2ccc3ccc(=O)oc3c2)cc1. The van der Waals surface area contributed by atoms with Gasteiger partial charge in [-0.2, -0.15) is 18.4 Å². The number of fused-ring (bicyclic) bond motifs is 1. The number of ether oxygens (including phenoxy) is 3. The third-order valence-corrected chi connectivity index (χ3v) is 8.68. The van der Waals surface area contributed by atoms with Crippen molar-refractivity contribution < 1.29 is 36.6 Å². The Morgan fingerprint density at radius 1 is 0.875 bits per heavy atom. The Labute approximate surface area is 316 Å². The summed E-state index contributed by atoms with van der Waals surface area (Å²) in [5.74, 6) is -1.45. The molecule has 2 aromatic heterocycles. The molecule has 10 nitrogen and oxygen atoms in total. The van der Waals surface area contributed by atoms with Crippen molar-refractivity contribution in [2.45, 2.75) is 26.9 Å². The van der Waals surface area contributed by atoms with E-state index in [9.17, 15) is 28.0 Å². The van der Waals surface area contributed by atoms with E-state index in [0.29, 0.717) is 33.3 Å². The van der Waals surface area contributed by atoms with E-state index in [1.165, 1.54) is 72.8 Å². The molecule has 6 aromatic rings. The minimum absolute atomic E-state index is 0.0289. The fourth-order valence-corrected chi connectivity index (χ4v) is 6.27. The van der Waals surface area contributed by atoms with Gasteiger partial charge in [0.1, 0.15) is 34.0 Å². The number of esters is 1. The Balaban J connectivity index is 1.41. The van der Waals surface area contributed by atoms with Crippen molar-refractivity contribution in [1.29, 1.82) is 5.26 Å². The summed E-state index contributed by atoms with van der Waals surface area (Å²) in [7, 11) is 0. The second-order valence-corrected chi connectivity index (χ2v) is 12.7. The van der Waals surface area contributed by atoms with Gasteiger partial charge in [0.2, 0.25) is 11.8 Å². The smallest absolute Gasteiger partial charge is 0.421 e. The number of carbonyl (C=O) groups excluding carboxylic acids is 1. The van der Waals surface area contributed by atoms with Gasteiger partial charge in [-0.05, 0) is 104 Å². The van der Waals surface area contributed by atoms with Crippen LogP contribution in [0.25, 0.3) is 21.4 Å². The van der Waals surface area contributed by atoms with Crippen molar-refractivity contribution in [2.75, 3.05) is 0 Å². The molecule has 0 atom stereocenters. The van der Waals surface area contributed by atoms with Crippen LogP contribution in [-0.2, 0) is 0 Å². The maximum atomic E-state index is 14.7. The van der Waals surface area contributed by atoms with Gasteiger partial charge in [0, 0.05) is 23.1 Å². The van der Waals surface area contributed by atoms with Crippen LogP contribution in [0.2, 0.25) is 0 Å². The molecule has 56 heavy (non-hydrogen) atoms. The van der Waals surface area contributed by atoms with Crippen LogP contribution < -0.4 is 19.8 Å². The first-order valence-corrected chi connectivity index (χ1v) is 16.8. The number of carbonyl (C=O) groups is 1. The number of aryl methyl sites for hydroxylation is 3. The van der Waals surface area contributed by atoms with Gasteiger partial charge >= 0.3 is 17.8 Å². The van der Waals surface area contributed by atoms with Crippen LogP contribution in [0.5, 0.6) is 23.1 Å². The van der Waals surface area contributed by atoms with Gasteiger partial charge in [0.25, 0.3) is 0 Å². The highest BCUT2D eigenvalue weighted by Crippen LogP contribution is 2.41. The maximum Gasteiger partial charge on any atom is 0.421 e. The van der Waals surface area contributed by atoms with Crippen molar-refractivity contribution >= 4 is 34.1 Å². The zero-order valence-electron chi connectivity index (χ0n) is 29.7. The van der Waals surface area contributed by atoms with Gasteiger partial charge in [-0.1, -0.05) is 29.8 Å². The Morgan fingerprint density at radius 3 is 2.18 bits per heavy atom. The van der Waals surface area contributed by atoms with Crippen LogP contribution in [-0.4, -0.2) is 23.0 Å². The first-order chi connectivity index (χ1) is 26.8. The summed E-state index contributed by atoms with van der Waals surface area (Å²) < 4.78 is 66.8. The number of benzene rings is 4. The van der Waals surface area contributed by atoms with E-state index in [2.05, 4.69) is 14.8 Å². The maximum absolute atomic E-state index is 14.7. The molecular formula is C43H27F3N4O6. The largest absolute Gasteiger partial charge is 0.440 e. The molecule has 0 aliphatic carbocycles. The van der Waals surface area contributed by atoms with Gasteiger partial charge in [-0.15, -0.1) is 0 Å². The fourth-order valence-electron chi connectivity index (χ4n) is 6.27. The summed E-state index contributed by atoms with van der Waals surface area (Å²) in [6.45, 7) is 12.8. The van der Waals surface area contributed by atoms with Gasteiger partial charge in [-0.3, -0.25) is 0 Å². The Bertz CT molecular complexity index is 2770. The standard InChI is InChI=1S/C43H27F3N4O6/c1-23-17-24(2)38(25(3)18-23)39(35-21-33(43(44,45)46)41(50-35)54-29-11-5-26(22-47)6-12-29)34-20-32(40(49-34)53-30-14-9-28(48-4)10-15-30)42(52)55-31-13-7-27-8-16-37(51)56-36(27)19-31/h5-21,49H,1-3H3/b39-35+. The van der Waals surface area contributed by atoms with Crippen molar-refractivity contribution in [2.24, 2.45) is 4.99 Å². The first kappa shape index (κ1) is 36.7. The van der Waals surface area contributed by atoms with Crippen LogP contribution in [0.1, 0.15) is 43.9 Å². The van der Waals surface area contributed by atoms with Gasteiger partial charge in [-0.25, -0.2) is 19.4 Å². The summed E-state index contributed by atoms with van der Waals surface area (Å²) in [4.78, 5) is 36.7. The molecule has 1 aliphatic heterocycles. The van der Waals surface area contributed by atoms with Crippen LogP contribution in [0.15, 0.2) is 129 Å². The van der Waals surface area contributed by atoms with E-state index in [1.54, 1.807) is 12.1 Å². The molecule has 0 fully saturated rings. The van der Waals surface area contributed by atoms with E-state index in [0.717, 1.165) is 11.6 Å². The molecule has 276 valence electrons. The quantitative estimate of drug-likeness (QED) is 0.0743. The third-order valence-electron chi connectivity index (χ3n) is 8.68. The summed E-state index contributed by atoms with van der Waals surface area (Å²) in [6, 6.07) is 26.0. The average molecular weight is 753 g/mol. The number of hydrogen-bond acceptors (Lipinski definition) is 8. The lowest BCUT2D eigenvalue weighted by molar-refractivity contribution is -0.0869. The van der Waals surface area contributed by atoms with Gasteiger partial charge < -0.3 is 23.6 Å². The topological polar surface area (TPSA) is 131 Å². The number of nitrogens with one attached hydrogen (secondary N) is 1. The van der Waals surface area contributed by atoms with Crippen LogP contribution in [0, 0.1) is 38.7 Å². The molecule has 0 amide bonds. The molecule has 1 N–H and O–H groups in total. The summed E-state index contributed by atoms with van der Waals surface area (Å²) >= 11 is 0. The third kappa shape index (κ3) is 7.56. The normalized spacial score (nSPS) is 13.4. The molecule has 1 aliphatic rings. The first-order valence-electron chi connectivity index (χ1n) is 16.8. The monoisotopic (exact) mass is 752 g/mol. The lowest BCUT2D eigenvalue weighted by Gasteiger charge is -2.16. The van der Waals surface area contributed by atoms with Gasteiger partial charge in [0.05, 0.1) is 29.6 Å². The Kier molecular flexibility index (Phi) is 9.60. The van der Waals surface area contributed by atoms with Crippen molar-refractivity contribution in [3.05, 3.63) is 175 Å². The second kappa shape index (κ2) is 14.6. The minimum Gasteiger partial charge on any atom is -0.440 e. The minimum atomic E-state index is -4.88. The Hall–Kier alpha value is -7.64. The molecule has 3 heterocycles. The van der Waals surface area contributed by atoms with Gasteiger partial charge in [0.15, 0.2) is 5.69 Å². The van der Waals surface area contributed by atoms with Crippen LogP contribution in [0.4, 0.5) is 18.9 Å². The molecule has 0 radical (unpaired) electrons. The zero-order valence-corrected chi connectivity index (χ0v) is 29.7. The molecule has 0 saturated carbocycles. The number of alkyl halides is 3. The van der Waals surface area contributed by atoms with E-state index < -0.39 is 29.2 Å². The van der Waals surface area contributed by atoms with Crippen molar-refractivity contribution in [1.82, 2.24) is 4.98 Å². The Morgan fingerprint density at radius 2 is 1.52 bits per heavy atom. The highest BCUT2D eigenvalue weighted by Gasteiger charge is 2.42. The zero-order chi connectivity index (χ0) is 39.7. The lowest BCUT2D eigenvalue weighted by Crippen LogP contribution is -2.22. The van der Waals surface area contributed by atoms with E-state index in [1.807, 2.05) is 39.0 Å². The number of rotatable bonds is 7. The number of nitrogens with zero attached hydrogens (tertiary/aromatic N) is 3. The van der Waals surface area contributed by atoms with Crippen LogP contribution in [0.3, 0.4) is 0 Å². The molecule has 13 heteroatoms. The molecule has 0 saturated heterocycles. The molecule has 0 unspecified atom stereocenters. The number of aromatic nitrogens is 1. The predicted octanol–water partition coefficient (Wildman–Crippen LogP) is 10.2. The second-order valence-electron chi connectivity index (χ2n) is 12.7. The highest BCUT2D eigenvalue weighted by molar-refractivity contribution is 6.03. The lowest BCUT2D eigenvalue weighted by atomic mass is 9.90. The summed E-state index contributed by atoms with van der Waals surface area (Å²) in [6.07, 6.45) is -4.01. The predicted molar refractivity (Wildman–Crippen MR) is 201 cm³/mol. The van der Waals surface area contributed by atoms with E-state index in [-0.39, 0.29) is 51.2 Å². The number of hydrogen-bond donors (Lipinski definition) is 1. The molecule has 0 bridgehead atoms. The van der Waals surface area contributed by atoms with E-state index in [4.69, 9.17) is 25.2 Å². The number of allylic oxidation sites excluding steroid dienone is 1.